The highest BCUT2D eigenvalue weighted by molar-refractivity contribution is 5.86. The molecule has 0 aromatic heterocycles. The van der Waals surface area contributed by atoms with Gasteiger partial charge < -0.3 is 19.1 Å². The van der Waals surface area contributed by atoms with Crippen LogP contribution in [0.2, 0.25) is 0 Å². The summed E-state index contributed by atoms with van der Waals surface area (Å²) in [4.78, 5) is 7.03. The van der Waals surface area contributed by atoms with Crippen LogP contribution in [0.5, 0.6) is 23.0 Å². The summed E-state index contributed by atoms with van der Waals surface area (Å²) in [6.07, 6.45) is 5.67. The molecule has 1 heterocycles. The number of methoxy groups -OCH3 is 2. The van der Waals surface area contributed by atoms with E-state index in [-0.39, 0.29) is 0 Å². The minimum atomic E-state index is 0.757. The van der Waals surface area contributed by atoms with Crippen molar-refractivity contribution in [2.75, 3.05) is 32.2 Å². The van der Waals surface area contributed by atoms with Gasteiger partial charge in [-0.25, -0.2) is 0 Å². The van der Waals surface area contributed by atoms with Gasteiger partial charge in [0, 0.05) is 36.6 Å². The van der Waals surface area contributed by atoms with E-state index in [1.54, 1.807) is 14.2 Å². The Labute approximate surface area is 183 Å². The van der Waals surface area contributed by atoms with E-state index in [1.165, 1.54) is 24.9 Å². The topological polar surface area (TPSA) is 43.3 Å². The zero-order valence-corrected chi connectivity index (χ0v) is 18.1. The van der Waals surface area contributed by atoms with Crippen LogP contribution in [0.3, 0.4) is 0 Å². The molecule has 5 nitrogen and oxygen atoms in total. The molecule has 0 N–H and O–H groups in total. The van der Waals surface area contributed by atoms with Crippen LogP contribution < -0.4 is 19.1 Å². The number of hydrogen-bond donors (Lipinski definition) is 0. The Hall–Kier alpha value is -3.47. The summed E-state index contributed by atoms with van der Waals surface area (Å²) in [6, 6.07) is 21.5. The minimum Gasteiger partial charge on any atom is -0.497 e. The number of piperidine rings is 1. The molecule has 1 aliphatic rings. The van der Waals surface area contributed by atoms with Crippen molar-refractivity contribution in [1.29, 1.82) is 0 Å². The molecule has 0 radical (unpaired) electrons. The lowest BCUT2D eigenvalue weighted by Gasteiger charge is -2.29. The Morgan fingerprint density at radius 2 is 1.39 bits per heavy atom. The molecule has 160 valence electrons. The van der Waals surface area contributed by atoms with Gasteiger partial charge in [0.25, 0.3) is 0 Å². The van der Waals surface area contributed by atoms with Crippen molar-refractivity contribution in [3.05, 3.63) is 72.3 Å². The number of benzene rings is 3. The van der Waals surface area contributed by atoms with Crippen molar-refractivity contribution in [2.24, 2.45) is 4.99 Å². The maximum absolute atomic E-state index is 5.87. The molecule has 0 unspecified atom stereocenters. The number of rotatable bonds is 7. The second-order valence-electron chi connectivity index (χ2n) is 7.50. The van der Waals surface area contributed by atoms with Gasteiger partial charge in [0.1, 0.15) is 23.0 Å². The highest BCUT2D eigenvalue weighted by Crippen LogP contribution is 2.28. The quantitative estimate of drug-likeness (QED) is 0.428. The van der Waals surface area contributed by atoms with Crippen LogP contribution in [0, 0.1) is 0 Å². The molecule has 4 rings (SSSR count). The van der Waals surface area contributed by atoms with Gasteiger partial charge in [-0.15, -0.1) is 0 Å². The second-order valence-corrected chi connectivity index (χ2v) is 7.50. The monoisotopic (exact) mass is 416 g/mol. The highest BCUT2D eigenvalue weighted by Gasteiger charge is 2.12. The molecule has 0 bridgehead atoms. The lowest BCUT2D eigenvalue weighted by atomic mass is 10.1. The second kappa shape index (κ2) is 10.0. The molecule has 0 atom stereocenters. The molecule has 0 spiro atoms. The van der Waals surface area contributed by atoms with Gasteiger partial charge in [-0.05, 0) is 79.9 Å². The number of aliphatic imine (C=N–C) groups is 1. The van der Waals surface area contributed by atoms with Crippen LogP contribution in [0.15, 0.2) is 71.7 Å². The molecule has 1 fully saturated rings. The van der Waals surface area contributed by atoms with E-state index < -0.39 is 0 Å². The highest BCUT2D eigenvalue weighted by atomic mass is 16.5. The molecule has 31 heavy (non-hydrogen) atoms. The summed E-state index contributed by atoms with van der Waals surface area (Å²) in [6.45, 7) is 2.23. The summed E-state index contributed by atoms with van der Waals surface area (Å²) in [5.74, 6) is 3.16. The van der Waals surface area contributed by atoms with Crippen LogP contribution in [0.25, 0.3) is 0 Å². The van der Waals surface area contributed by atoms with Gasteiger partial charge >= 0.3 is 0 Å². The fourth-order valence-corrected chi connectivity index (χ4v) is 3.68. The van der Waals surface area contributed by atoms with E-state index in [1.807, 2.05) is 54.7 Å². The van der Waals surface area contributed by atoms with Crippen molar-refractivity contribution in [3.8, 4) is 23.0 Å². The van der Waals surface area contributed by atoms with Crippen LogP contribution in [-0.4, -0.2) is 33.5 Å². The Morgan fingerprint density at radius 1 is 0.742 bits per heavy atom. The Kier molecular flexibility index (Phi) is 6.72. The zero-order chi connectivity index (χ0) is 21.5. The van der Waals surface area contributed by atoms with Gasteiger partial charge in [-0.1, -0.05) is 0 Å². The molecular formula is C26H28N2O3. The average Bonchev–Trinajstić information content (AvgIpc) is 2.84. The van der Waals surface area contributed by atoms with Crippen LogP contribution in [-0.2, 0) is 0 Å². The fourth-order valence-electron chi connectivity index (χ4n) is 3.68. The van der Waals surface area contributed by atoms with Gasteiger partial charge in [0.2, 0.25) is 0 Å². The SMILES string of the molecule is COc1ccc(Oc2ccc(N=Cc3ccc(N4CCCCC4)cc3OC)cc2)cc1. The van der Waals surface area contributed by atoms with Gasteiger partial charge in [-0.2, -0.15) is 0 Å². The molecule has 5 heteroatoms. The molecule has 1 aliphatic heterocycles. The smallest absolute Gasteiger partial charge is 0.129 e. The standard InChI is InChI=1S/C26H28N2O3/c1-29-23-12-14-25(15-13-23)31-24-10-7-21(8-11-24)27-19-20-6-9-22(18-26(20)30-2)28-16-4-3-5-17-28/h6-15,18-19H,3-5,16-17H2,1-2H3. The largest absolute Gasteiger partial charge is 0.497 e. The predicted octanol–water partition coefficient (Wildman–Crippen LogP) is 6.24. The van der Waals surface area contributed by atoms with Crippen LogP contribution in [0.1, 0.15) is 24.8 Å². The van der Waals surface area contributed by atoms with Gasteiger partial charge in [0.15, 0.2) is 0 Å². The van der Waals surface area contributed by atoms with Gasteiger partial charge in [0.05, 0.1) is 19.9 Å². The number of ether oxygens (including phenoxy) is 3. The van der Waals surface area contributed by atoms with Crippen molar-refractivity contribution >= 4 is 17.6 Å². The zero-order valence-electron chi connectivity index (χ0n) is 18.1. The Bertz CT molecular complexity index is 1010. The van der Waals surface area contributed by atoms with Crippen molar-refractivity contribution < 1.29 is 14.2 Å². The van der Waals surface area contributed by atoms with E-state index in [0.717, 1.165) is 47.3 Å². The third kappa shape index (κ3) is 5.37. The number of anilines is 1. The van der Waals surface area contributed by atoms with E-state index >= 15 is 0 Å². The first-order chi connectivity index (χ1) is 15.2. The Morgan fingerprint density at radius 3 is 2.03 bits per heavy atom. The molecular weight excluding hydrogens is 388 g/mol. The summed E-state index contributed by atoms with van der Waals surface area (Å²) >= 11 is 0. The first kappa shape index (κ1) is 20.8. The molecule has 0 amide bonds. The normalized spacial score (nSPS) is 13.9. The molecule has 3 aromatic carbocycles. The summed E-state index contributed by atoms with van der Waals surface area (Å²) < 4.78 is 16.7. The Balaban J connectivity index is 1.42. The summed E-state index contributed by atoms with van der Waals surface area (Å²) in [5, 5.41) is 0. The molecule has 0 saturated carbocycles. The predicted molar refractivity (Wildman–Crippen MR) is 126 cm³/mol. The minimum absolute atomic E-state index is 0.757. The van der Waals surface area contributed by atoms with Gasteiger partial charge in [-0.3, -0.25) is 4.99 Å². The van der Waals surface area contributed by atoms with Crippen LogP contribution in [0.4, 0.5) is 11.4 Å². The maximum atomic E-state index is 5.87. The van der Waals surface area contributed by atoms with Crippen molar-refractivity contribution in [3.63, 3.8) is 0 Å². The lowest BCUT2D eigenvalue weighted by Crippen LogP contribution is -2.29. The summed E-state index contributed by atoms with van der Waals surface area (Å²) in [5.41, 5.74) is 3.03. The third-order valence-electron chi connectivity index (χ3n) is 5.42. The van der Waals surface area contributed by atoms with Crippen LogP contribution >= 0.6 is 0 Å². The van der Waals surface area contributed by atoms with Crippen molar-refractivity contribution in [1.82, 2.24) is 0 Å². The third-order valence-corrected chi connectivity index (χ3v) is 5.42. The fraction of sp³-hybridized carbons (Fsp3) is 0.269. The number of nitrogens with zero attached hydrogens (tertiary/aromatic N) is 2. The lowest BCUT2D eigenvalue weighted by molar-refractivity contribution is 0.413. The first-order valence-electron chi connectivity index (χ1n) is 10.6. The molecule has 3 aromatic rings. The number of hydrogen-bond acceptors (Lipinski definition) is 5. The molecule has 0 aliphatic carbocycles. The molecule has 1 saturated heterocycles. The van der Waals surface area contributed by atoms with Crippen molar-refractivity contribution in [2.45, 2.75) is 19.3 Å². The van der Waals surface area contributed by atoms with E-state index in [9.17, 15) is 0 Å². The maximum Gasteiger partial charge on any atom is 0.129 e. The van der Waals surface area contributed by atoms with E-state index in [2.05, 4.69) is 28.1 Å². The first-order valence-corrected chi connectivity index (χ1v) is 10.6. The average molecular weight is 417 g/mol. The summed E-state index contributed by atoms with van der Waals surface area (Å²) in [7, 11) is 3.35. The van der Waals surface area contributed by atoms with E-state index in [4.69, 9.17) is 14.2 Å². The van der Waals surface area contributed by atoms with E-state index in [0.29, 0.717) is 0 Å².